The van der Waals surface area contributed by atoms with Gasteiger partial charge < -0.3 is 15.5 Å². The Morgan fingerprint density at radius 3 is 2.41 bits per heavy atom. The summed E-state index contributed by atoms with van der Waals surface area (Å²) in [4.78, 5) is 15.5. The van der Waals surface area contributed by atoms with Gasteiger partial charge in [-0.15, -0.1) is 0 Å². The summed E-state index contributed by atoms with van der Waals surface area (Å²) in [6.45, 7) is 2.16. The van der Waals surface area contributed by atoms with Crippen LogP contribution in [-0.2, 0) is 6.42 Å². The van der Waals surface area contributed by atoms with E-state index in [9.17, 15) is 9.90 Å². The largest absolute Gasteiger partial charge is 0.478 e. The molecule has 0 radical (unpaired) electrons. The number of nitrogens with one attached hydrogen (secondary N) is 1. The fourth-order valence-electron chi connectivity index (χ4n) is 3.32. The summed E-state index contributed by atoms with van der Waals surface area (Å²) >= 11 is 5.98. The molecule has 29 heavy (non-hydrogen) atoms. The van der Waals surface area contributed by atoms with Crippen molar-refractivity contribution in [3.05, 3.63) is 81.5 Å². The minimum absolute atomic E-state index is 0.247. The molecule has 1 aliphatic rings. The number of unbranched alkanes of at least 4 members (excludes halogenated alkanes) is 2. The van der Waals surface area contributed by atoms with Crippen LogP contribution in [0.15, 0.2) is 64.8 Å². The Balaban J connectivity index is 1.85. The van der Waals surface area contributed by atoms with E-state index in [4.69, 9.17) is 16.7 Å². The van der Waals surface area contributed by atoms with Gasteiger partial charge in [0.15, 0.2) is 6.23 Å². The zero-order valence-corrected chi connectivity index (χ0v) is 17.1. The number of allylic oxidation sites excluding steroid dienone is 1. The van der Waals surface area contributed by atoms with Gasteiger partial charge in [0.1, 0.15) is 5.84 Å². The first kappa shape index (κ1) is 21.1. The van der Waals surface area contributed by atoms with E-state index in [1.165, 1.54) is 0 Å². The average molecular weight is 413 g/mol. The molecule has 1 atom stereocenters. The molecule has 0 fully saturated rings. The first-order valence-electron chi connectivity index (χ1n) is 9.81. The maximum Gasteiger partial charge on any atom is 0.335 e. The van der Waals surface area contributed by atoms with Crippen LogP contribution in [0.5, 0.6) is 0 Å². The van der Waals surface area contributed by atoms with Crippen molar-refractivity contribution in [2.24, 2.45) is 4.99 Å². The van der Waals surface area contributed by atoms with E-state index in [0.29, 0.717) is 17.3 Å². The molecule has 0 bridgehead atoms. The number of hydrogen-bond donors (Lipinski definition) is 3. The molecular weight excluding hydrogens is 388 g/mol. The monoisotopic (exact) mass is 412 g/mol. The second-order valence-corrected chi connectivity index (χ2v) is 7.56. The molecule has 2 aromatic carbocycles. The van der Waals surface area contributed by atoms with Gasteiger partial charge >= 0.3 is 5.97 Å². The number of carbonyl (C=O) groups is 1. The third-order valence-electron chi connectivity index (χ3n) is 4.96. The van der Waals surface area contributed by atoms with Crippen LogP contribution >= 0.6 is 11.6 Å². The Bertz CT molecular complexity index is 918. The second kappa shape index (κ2) is 9.72. The number of carboxylic acid groups (broad SMARTS) is 1. The molecule has 6 heteroatoms. The van der Waals surface area contributed by atoms with Gasteiger partial charge in [-0.25, -0.2) is 9.79 Å². The fourth-order valence-corrected chi connectivity index (χ4v) is 3.45. The number of hydrogen-bond acceptors (Lipinski definition) is 4. The maximum atomic E-state index is 11.1. The third-order valence-corrected chi connectivity index (χ3v) is 5.22. The zero-order chi connectivity index (χ0) is 20.8. The number of nitrogens with zero attached hydrogens (tertiary/aromatic N) is 1. The third kappa shape index (κ3) is 5.46. The van der Waals surface area contributed by atoms with Crippen LogP contribution in [-0.4, -0.2) is 28.2 Å². The minimum Gasteiger partial charge on any atom is -0.478 e. The van der Waals surface area contributed by atoms with Crippen LogP contribution in [0.3, 0.4) is 0 Å². The average Bonchev–Trinajstić information content (AvgIpc) is 2.71. The lowest BCUT2D eigenvalue weighted by atomic mass is 9.96. The van der Waals surface area contributed by atoms with Crippen molar-refractivity contribution in [1.29, 1.82) is 0 Å². The van der Waals surface area contributed by atoms with Gasteiger partial charge in [-0.3, -0.25) is 0 Å². The highest BCUT2D eigenvalue weighted by atomic mass is 35.5. The number of aliphatic hydroxyl groups excluding tert-OH is 1. The summed E-state index contributed by atoms with van der Waals surface area (Å²) in [5.41, 5.74) is 3.85. The highest BCUT2D eigenvalue weighted by Crippen LogP contribution is 2.25. The molecule has 3 N–H and O–H groups in total. The van der Waals surface area contributed by atoms with E-state index >= 15 is 0 Å². The SMILES string of the molecule is CCCCCC1=C(Cc2ccc(C(=O)O)cc2)C(O)N=C(c2ccc(Cl)cc2)N1. The van der Waals surface area contributed by atoms with E-state index in [1.807, 2.05) is 12.1 Å². The lowest BCUT2D eigenvalue weighted by Gasteiger charge is -2.26. The molecule has 0 spiro atoms. The molecule has 0 saturated carbocycles. The molecule has 1 heterocycles. The first-order valence-corrected chi connectivity index (χ1v) is 10.2. The molecule has 5 nitrogen and oxygen atoms in total. The van der Waals surface area contributed by atoms with Crippen molar-refractivity contribution in [3.8, 4) is 0 Å². The number of amidine groups is 1. The number of halogens is 1. The number of carboxylic acids is 1. The van der Waals surface area contributed by atoms with Crippen molar-refractivity contribution in [2.45, 2.75) is 45.3 Å². The van der Waals surface area contributed by atoms with E-state index in [-0.39, 0.29) is 5.56 Å². The molecule has 2 aromatic rings. The first-order chi connectivity index (χ1) is 14.0. The second-order valence-electron chi connectivity index (χ2n) is 7.12. The number of aromatic carboxylic acids is 1. The minimum atomic E-state index is -0.951. The lowest BCUT2D eigenvalue weighted by Crippen LogP contribution is -2.34. The summed E-state index contributed by atoms with van der Waals surface area (Å²) in [6.07, 6.45) is 3.61. The van der Waals surface area contributed by atoms with Gasteiger partial charge in [-0.1, -0.05) is 43.5 Å². The van der Waals surface area contributed by atoms with Crippen molar-refractivity contribution >= 4 is 23.4 Å². The summed E-state index contributed by atoms with van der Waals surface area (Å²) in [6, 6.07) is 14.1. The molecule has 0 saturated heterocycles. The quantitative estimate of drug-likeness (QED) is 0.545. The molecule has 1 unspecified atom stereocenters. The van der Waals surface area contributed by atoms with Gasteiger partial charge in [0.2, 0.25) is 0 Å². The van der Waals surface area contributed by atoms with E-state index in [2.05, 4.69) is 17.2 Å². The Morgan fingerprint density at radius 2 is 1.79 bits per heavy atom. The van der Waals surface area contributed by atoms with Crippen LogP contribution in [0.2, 0.25) is 5.02 Å². The molecule has 0 aromatic heterocycles. The lowest BCUT2D eigenvalue weighted by molar-refractivity contribution is 0.0697. The van der Waals surface area contributed by atoms with Crippen LogP contribution in [0.25, 0.3) is 0 Å². The smallest absolute Gasteiger partial charge is 0.335 e. The van der Waals surface area contributed by atoms with Gasteiger partial charge in [-0.2, -0.15) is 0 Å². The molecule has 1 aliphatic heterocycles. The summed E-state index contributed by atoms with van der Waals surface area (Å²) < 4.78 is 0. The predicted octanol–water partition coefficient (Wildman–Crippen LogP) is 4.78. The van der Waals surface area contributed by atoms with Crippen LogP contribution in [0.1, 0.15) is 54.1 Å². The normalized spacial score (nSPS) is 16.4. The van der Waals surface area contributed by atoms with Gasteiger partial charge in [0.05, 0.1) is 5.56 Å². The van der Waals surface area contributed by atoms with Crippen molar-refractivity contribution in [3.63, 3.8) is 0 Å². The van der Waals surface area contributed by atoms with Crippen LogP contribution < -0.4 is 5.32 Å². The molecule has 3 rings (SSSR count). The Hall–Kier alpha value is -2.63. The van der Waals surface area contributed by atoms with Crippen molar-refractivity contribution in [1.82, 2.24) is 5.32 Å². The molecular formula is C23H25ClN2O3. The van der Waals surface area contributed by atoms with Gasteiger partial charge in [-0.05, 0) is 61.2 Å². The standard InChI is InChI=1S/C23H25ClN2O3/c1-2-3-4-5-20-19(14-15-6-8-17(9-7-15)23(28)29)22(27)26-21(25-20)16-10-12-18(24)13-11-16/h6-13,22,27H,2-5,14H2,1H3,(H,25,26)(H,28,29). The Labute approximate surface area is 175 Å². The number of rotatable bonds is 8. The van der Waals surface area contributed by atoms with Gasteiger partial charge in [0.25, 0.3) is 0 Å². The number of aliphatic imine (C=N–C) groups is 1. The Kier molecular flexibility index (Phi) is 7.07. The van der Waals surface area contributed by atoms with E-state index in [1.54, 1.807) is 36.4 Å². The highest BCUT2D eigenvalue weighted by molar-refractivity contribution is 6.30. The van der Waals surface area contributed by atoms with Crippen molar-refractivity contribution in [2.75, 3.05) is 0 Å². The van der Waals surface area contributed by atoms with Gasteiger partial charge in [0, 0.05) is 21.9 Å². The fraction of sp³-hybridized carbons (Fsp3) is 0.304. The summed E-state index contributed by atoms with van der Waals surface area (Å²) in [5.74, 6) is -0.321. The molecule has 0 amide bonds. The summed E-state index contributed by atoms with van der Waals surface area (Å²) in [7, 11) is 0. The Morgan fingerprint density at radius 1 is 1.10 bits per heavy atom. The number of aliphatic hydroxyl groups is 1. The maximum absolute atomic E-state index is 11.1. The molecule has 0 aliphatic carbocycles. The highest BCUT2D eigenvalue weighted by Gasteiger charge is 2.23. The summed E-state index contributed by atoms with van der Waals surface area (Å²) in [5, 5.41) is 23.9. The topological polar surface area (TPSA) is 81.9 Å². The van der Waals surface area contributed by atoms with E-state index in [0.717, 1.165) is 48.1 Å². The predicted molar refractivity (Wildman–Crippen MR) is 115 cm³/mol. The van der Waals surface area contributed by atoms with E-state index < -0.39 is 12.2 Å². The number of benzene rings is 2. The van der Waals surface area contributed by atoms with Crippen LogP contribution in [0, 0.1) is 0 Å². The van der Waals surface area contributed by atoms with Crippen LogP contribution in [0.4, 0.5) is 0 Å². The van der Waals surface area contributed by atoms with Crippen molar-refractivity contribution < 1.29 is 15.0 Å². The zero-order valence-electron chi connectivity index (χ0n) is 16.4. The molecule has 152 valence electrons.